The molecule has 1 aliphatic heterocycles. The van der Waals surface area contributed by atoms with E-state index in [1.54, 1.807) is 0 Å². The molecule has 0 aromatic heterocycles. The van der Waals surface area contributed by atoms with Crippen LogP contribution in [0.2, 0.25) is 0 Å². The van der Waals surface area contributed by atoms with Crippen molar-refractivity contribution in [2.45, 2.75) is 18.3 Å². The van der Waals surface area contributed by atoms with Crippen molar-refractivity contribution in [2.24, 2.45) is 0 Å². The summed E-state index contributed by atoms with van der Waals surface area (Å²) >= 11 is 0. The summed E-state index contributed by atoms with van der Waals surface area (Å²) in [6, 6.07) is 12.1. The molecule has 0 bridgehead atoms. The molecule has 0 atom stereocenters. The van der Waals surface area contributed by atoms with E-state index in [0.29, 0.717) is 25.9 Å². The molecule has 0 N–H and O–H groups in total. The minimum absolute atomic E-state index is 0.0345. The zero-order valence-corrected chi connectivity index (χ0v) is 14.4. The molecule has 0 saturated carbocycles. The Morgan fingerprint density at radius 3 is 2.12 bits per heavy atom. The van der Waals surface area contributed by atoms with Crippen molar-refractivity contribution >= 4 is 11.9 Å². The number of esters is 1. The summed E-state index contributed by atoms with van der Waals surface area (Å²) in [5.74, 6) is -2.38. The van der Waals surface area contributed by atoms with Crippen molar-refractivity contribution in [1.82, 2.24) is 4.90 Å². The molecule has 3 rings (SSSR count). The Balaban J connectivity index is 1.82. The fraction of sp³-hybridized carbons (Fsp3) is 0.300. The number of halogens is 2. The quantitative estimate of drug-likeness (QED) is 0.790. The number of rotatable bonds is 3. The summed E-state index contributed by atoms with van der Waals surface area (Å²) in [4.78, 5) is 26.6. The third-order valence-corrected chi connectivity index (χ3v) is 4.92. The van der Waals surface area contributed by atoms with E-state index < -0.39 is 23.0 Å². The Bertz CT molecular complexity index is 795. The van der Waals surface area contributed by atoms with Gasteiger partial charge in [-0.05, 0) is 30.5 Å². The van der Waals surface area contributed by atoms with Gasteiger partial charge in [-0.1, -0.05) is 30.3 Å². The predicted molar refractivity (Wildman–Crippen MR) is 91.6 cm³/mol. The first kappa shape index (κ1) is 18.0. The summed E-state index contributed by atoms with van der Waals surface area (Å²) in [5, 5.41) is 0. The Morgan fingerprint density at radius 1 is 1.00 bits per heavy atom. The van der Waals surface area contributed by atoms with Gasteiger partial charge < -0.3 is 9.64 Å². The average Bonchev–Trinajstić information content (AvgIpc) is 2.66. The van der Waals surface area contributed by atoms with Crippen molar-refractivity contribution < 1.29 is 23.1 Å². The van der Waals surface area contributed by atoms with Crippen LogP contribution in [0.15, 0.2) is 48.5 Å². The van der Waals surface area contributed by atoms with Crippen LogP contribution in [0.1, 0.15) is 28.8 Å². The second-order valence-corrected chi connectivity index (χ2v) is 6.39. The van der Waals surface area contributed by atoms with E-state index in [2.05, 4.69) is 0 Å². The van der Waals surface area contributed by atoms with E-state index in [-0.39, 0.29) is 11.5 Å². The number of nitrogens with zero attached hydrogens (tertiary/aromatic N) is 1. The van der Waals surface area contributed by atoms with Crippen LogP contribution in [0, 0.1) is 11.6 Å². The molecule has 1 amide bonds. The molecule has 136 valence electrons. The van der Waals surface area contributed by atoms with Crippen LogP contribution < -0.4 is 0 Å². The number of ether oxygens (including phenoxy) is 1. The van der Waals surface area contributed by atoms with Crippen molar-refractivity contribution in [2.75, 3.05) is 20.2 Å². The maximum absolute atomic E-state index is 13.4. The number of benzene rings is 2. The van der Waals surface area contributed by atoms with E-state index >= 15 is 0 Å². The van der Waals surface area contributed by atoms with Crippen molar-refractivity contribution in [3.8, 4) is 0 Å². The van der Waals surface area contributed by atoms with Crippen LogP contribution in [0.25, 0.3) is 0 Å². The van der Waals surface area contributed by atoms with Crippen molar-refractivity contribution in [3.63, 3.8) is 0 Å². The van der Waals surface area contributed by atoms with Crippen LogP contribution in [-0.2, 0) is 14.9 Å². The van der Waals surface area contributed by atoms with Crippen LogP contribution in [0.4, 0.5) is 8.78 Å². The molecule has 1 aliphatic rings. The summed E-state index contributed by atoms with van der Waals surface area (Å²) < 4.78 is 31.8. The Labute approximate surface area is 150 Å². The van der Waals surface area contributed by atoms with Gasteiger partial charge in [0.1, 0.15) is 11.6 Å². The third-order valence-electron chi connectivity index (χ3n) is 4.92. The number of carbonyl (C=O) groups excluding carboxylic acids is 2. The molecule has 0 radical (unpaired) electrons. The van der Waals surface area contributed by atoms with Gasteiger partial charge in [0.2, 0.25) is 0 Å². The molecule has 6 heteroatoms. The fourth-order valence-corrected chi connectivity index (χ4v) is 3.51. The Kier molecular flexibility index (Phi) is 5.02. The van der Waals surface area contributed by atoms with Gasteiger partial charge in [-0.15, -0.1) is 0 Å². The molecule has 1 fully saturated rings. The molecule has 1 heterocycles. The number of hydrogen-bond donors (Lipinski definition) is 0. The van der Waals surface area contributed by atoms with Gasteiger partial charge in [0.15, 0.2) is 0 Å². The second-order valence-electron chi connectivity index (χ2n) is 6.39. The Morgan fingerprint density at radius 2 is 1.58 bits per heavy atom. The van der Waals surface area contributed by atoms with Crippen LogP contribution >= 0.6 is 0 Å². The standard InChI is InChI=1S/C20H19F2NO3/c1-26-19(25)20(15-5-3-2-4-6-15)7-9-23(10-8-20)18(24)14-11-16(21)13-17(22)12-14/h2-6,11-13H,7-10H2,1H3. The first-order valence-corrected chi connectivity index (χ1v) is 8.35. The molecule has 2 aromatic rings. The van der Waals surface area contributed by atoms with Gasteiger partial charge >= 0.3 is 5.97 Å². The van der Waals surface area contributed by atoms with Crippen molar-refractivity contribution in [3.05, 3.63) is 71.3 Å². The first-order chi connectivity index (χ1) is 12.5. The van der Waals surface area contributed by atoms with Gasteiger partial charge in [-0.2, -0.15) is 0 Å². The number of carbonyl (C=O) groups is 2. The highest BCUT2D eigenvalue weighted by atomic mass is 19.1. The summed E-state index contributed by atoms with van der Waals surface area (Å²) in [6.45, 7) is 0.585. The number of hydrogen-bond acceptors (Lipinski definition) is 3. The van der Waals surface area contributed by atoms with Crippen LogP contribution in [0.5, 0.6) is 0 Å². The van der Waals surface area contributed by atoms with Gasteiger partial charge in [0, 0.05) is 24.7 Å². The monoisotopic (exact) mass is 359 g/mol. The first-order valence-electron chi connectivity index (χ1n) is 8.35. The normalized spacial score (nSPS) is 16.2. The summed E-state index contributed by atoms with van der Waals surface area (Å²) in [5.41, 5.74) is -0.0106. The lowest BCUT2D eigenvalue weighted by Gasteiger charge is -2.40. The van der Waals surface area contributed by atoms with Crippen LogP contribution in [-0.4, -0.2) is 37.0 Å². The summed E-state index contributed by atoms with van der Waals surface area (Å²) in [6.07, 6.45) is 0.764. The topological polar surface area (TPSA) is 46.6 Å². The zero-order valence-electron chi connectivity index (χ0n) is 14.4. The van der Waals surface area contributed by atoms with Gasteiger partial charge in [0.25, 0.3) is 5.91 Å². The second kappa shape index (κ2) is 7.23. The number of piperidine rings is 1. The molecule has 2 aromatic carbocycles. The number of likely N-dealkylation sites (tertiary alicyclic amines) is 1. The highest BCUT2D eigenvalue weighted by Crippen LogP contribution is 2.37. The van der Waals surface area contributed by atoms with Crippen LogP contribution in [0.3, 0.4) is 0 Å². The maximum atomic E-state index is 13.4. The van der Waals surface area contributed by atoms with Gasteiger partial charge in [0.05, 0.1) is 12.5 Å². The molecular weight excluding hydrogens is 340 g/mol. The lowest BCUT2D eigenvalue weighted by Crippen LogP contribution is -2.49. The van der Waals surface area contributed by atoms with Crippen molar-refractivity contribution in [1.29, 1.82) is 0 Å². The van der Waals surface area contributed by atoms with E-state index in [9.17, 15) is 18.4 Å². The van der Waals surface area contributed by atoms with E-state index in [1.807, 2.05) is 30.3 Å². The van der Waals surface area contributed by atoms with E-state index in [1.165, 1.54) is 12.0 Å². The highest BCUT2D eigenvalue weighted by molar-refractivity contribution is 5.94. The van der Waals surface area contributed by atoms with Gasteiger partial charge in [-0.3, -0.25) is 9.59 Å². The minimum Gasteiger partial charge on any atom is -0.468 e. The average molecular weight is 359 g/mol. The molecule has 0 unspecified atom stereocenters. The fourth-order valence-electron chi connectivity index (χ4n) is 3.51. The molecule has 26 heavy (non-hydrogen) atoms. The Hall–Kier alpha value is -2.76. The van der Waals surface area contributed by atoms with E-state index in [0.717, 1.165) is 23.8 Å². The maximum Gasteiger partial charge on any atom is 0.316 e. The predicted octanol–water partition coefficient (Wildman–Crippen LogP) is 3.31. The zero-order chi connectivity index (χ0) is 18.7. The van der Waals surface area contributed by atoms with E-state index in [4.69, 9.17) is 4.74 Å². The third kappa shape index (κ3) is 3.31. The highest BCUT2D eigenvalue weighted by Gasteiger charge is 2.44. The van der Waals surface area contributed by atoms with Gasteiger partial charge in [-0.25, -0.2) is 8.78 Å². The summed E-state index contributed by atoms with van der Waals surface area (Å²) in [7, 11) is 1.35. The smallest absolute Gasteiger partial charge is 0.316 e. The molecule has 0 aliphatic carbocycles. The largest absolute Gasteiger partial charge is 0.468 e. The number of methoxy groups -OCH3 is 1. The molecule has 1 saturated heterocycles. The molecule has 4 nitrogen and oxygen atoms in total. The lowest BCUT2D eigenvalue weighted by molar-refractivity contribution is -0.149. The minimum atomic E-state index is -0.819. The lowest BCUT2D eigenvalue weighted by atomic mass is 9.72. The number of amides is 1. The SMILES string of the molecule is COC(=O)C1(c2ccccc2)CCN(C(=O)c2cc(F)cc(F)c2)CC1. The molecule has 0 spiro atoms. The molecular formula is C20H19F2NO3.